The van der Waals surface area contributed by atoms with E-state index < -0.39 is 0 Å². The van der Waals surface area contributed by atoms with Crippen LogP contribution >= 0.6 is 33.9 Å². The Morgan fingerprint density at radius 2 is 2.21 bits per heavy atom. The van der Waals surface area contributed by atoms with Crippen molar-refractivity contribution >= 4 is 39.8 Å². The van der Waals surface area contributed by atoms with Crippen molar-refractivity contribution in [3.63, 3.8) is 0 Å². The van der Waals surface area contributed by atoms with Crippen LogP contribution in [0.4, 0.5) is 0 Å². The second kappa shape index (κ2) is 6.36. The number of ether oxygens (including phenoxy) is 1. The van der Waals surface area contributed by atoms with Crippen LogP contribution in [0.2, 0.25) is 0 Å². The topological polar surface area (TPSA) is 64.4 Å². The van der Waals surface area contributed by atoms with Gasteiger partial charge in [-0.1, -0.05) is 12.1 Å². The van der Waals surface area contributed by atoms with Crippen molar-refractivity contribution in [3.05, 3.63) is 49.2 Å². The Balaban J connectivity index is 2.10. The number of para-hydroxylation sites is 1. The molecule has 1 aromatic heterocycles. The maximum atomic E-state index is 11.4. The molecule has 2 aromatic rings. The summed E-state index contributed by atoms with van der Waals surface area (Å²) in [6, 6.07) is 9.64. The molecule has 3 N–H and O–H groups in total. The van der Waals surface area contributed by atoms with Crippen molar-refractivity contribution in [2.75, 3.05) is 0 Å². The Labute approximate surface area is 129 Å². The Bertz CT molecular complexity index is 598. The molecule has 0 aliphatic heterocycles. The van der Waals surface area contributed by atoms with Crippen LogP contribution in [0.3, 0.4) is 0 Å². The number of nitrogens with one attached hydrogen (secondary N) is 1. The molecule has 0 aliphatic carbocycles. The van der Waals surface area contributed by atoms with Gasteiger partial charge >= 0.3 is 0 Å². The first kappa shape index (κ1) is 14.3. The summed E-state index contributed by atoms with van der Waals surface area (Å²) in [6.07, 6.45) is 0. The van der Waals surface area contributed by atoms with E-state index in [0.717, 1.165) is 19.8 Å². The van der Waals surface area contributed by atoms with E-state index in [4.69, 9.17) is 10.6 Å². The maximum absolute atomic E-state index is 11.4. The summed E-state index contributed by atoms with van der Waals surface area (Å²) >= 11 is 3.64. The van der Waals surface area contributed by atoms with Crippen molar-refractivity contribution in [2.45, 2.75) is 13.5 Å². The summed E-state index contributed by atoms with van der Waals surface area (Å²) in [6.45, 7) is 2.41. The minimum atomic E-state index is -0.270. The zero-order chi connectivity index (χ0) is 13.8. The normalized spacial score (nSPS) is 10.3. The van der Waals surface area contributed by atoms with Gasteiger partial charge in [0.15, 0.2) is 0 Å². The molecule has 0 bridgehead atoms. The first-order valence-electron chi connectivity index (χ1n) is 5.59. The molecule has 0 fully saturated rings. The molecular formula is C13H13IN2O2S. The molecule has 1 aromatic carbocycles. The third-order valence-electron chi connectivity index (χ3n) is 2.60. The molecule has 0 atom stereocenters. The zero-order valence-electron chi connectivity index (χ0n) is 10.3. The number of carbonyl (C=O) groups is 1. The number of halogens is 1. The molecule has 0 saturated heterocycles. The monoisotopic (exact) mass is 388 g/mol. The minimum Gasteiger partial charge on any atom is -0.488 e. The van der Waals surface area contributed by atoms with Gasteiger partial charge in [-0.05, 0) is 47.7 Å². The highest BCUT2D eigenvalue weighted by atomic mass is 127. The van der Waals surface area contributed by atoms with Gasteiger partial charge < -0.3 is 4.74 Å². The lowest BCUT2D eigenvalue weighted by Crippen LogP contribution is -2.29. The standard InChI is InChI=1S/C13H13IN2O2S/c1-8-9(6-12(19-8)13(17)16-15)7-18-11-5-3-2-4-10(11)14/h2-6H,7,15H2,1H3,(H,16,17). The van der Waals surface area contributed by atoms with E-state index in [1.807, 2.05) is 37.3 Å². The molecule has 0 aliphatic rings. The van der Waals surface area contributed by atoms with E-state index >= 15 is 0 Å². The summed E-state index contributed by atoms with van der Waals surface area (Å²) < 4.78 is 6.83. The molecular weight excluding hydrogens is 375 g/mol. The van der Waals surface area contributed by atoms with Crippen LogP contribution in [0, 0.1) is 10.5 Å². The molecule has 1 heterocycles. The van der Waals surface area contributed by atoms with Crippen molar-refractivity contribution in [1.29, 1.82) is 0 Å². The number of carbonyl (C=O) groups excluding carboxylic acids is 1. The molecule has 0 unspecified atom stereocenters. The first-order valence-corrected chi connectivity index (χ1v) is 7.49. The Morgan fingerprint density at radius 1 is 1.47 bits per heavy atom. The fourth-order valence-corrected chi connectivity index (χ4v) is 3.04. The Morgan fingerprint density at radius 3 is 2.89 bits per heavy atom. The second-order valence-electron chi connectivity index (χ2n) is 3.88. The van der Waals surface area contributed by atoms with Crippen molar-refractivity contribution in [1.82, 2.24) is 5.43 Å². The lowest BCUT2D eigenvalue weighted by atomic mass is 10.2. The number of hydrogen-bond acceptors (Lipinski definition) is 4. The first-order chi connectivity index (χ1) is 9.11. The number of rotatable bonds is 4. The highest BCUT2D eigenvalue weighted by Crippen LogP contribution is 2.25. The predicted molar refractivity (Wildman–Crippen MR) is 84.2 cm³/mol. The highest BCUT2D eigenvalue weighted by molar-refractivity contribution is 14.1. The molecule has 1 amide bonds. The Kier molecular flexibility index (Phi) is 4.78. The zero-order valence-corrected chi connectivity index (χ0v) is 13.2. The van der Waals surface area contributed by atoms with Gasteiger partial charge in [0.2, 0.25) is 0 Å². The number of nitrogens with two attached hydrogens (primary N) is 1. The molecule has 19 heavy (non-hydrogen) atoms. The van der Waals surface area contributed by atoms with E-state index in [2.05, 4.69) is 28.0 Å². The summed E-state index contributed by atoms with van der Waals surface area (Å²) in [5, 5.41) is 0. The molecule has 0 radical (unpaired) electrons. The molecule has 2 rings (SSSR count). The van der Waals surface area contributed by atoms with Gasteiger partial charge in [0.05, 0.1) is 8.45 Å². The molecule has 100 valence electrons. The van der Waals surface area contributed by atoms with Crippen LogP contribution in [-0.4, -0.2) is 5.91 Å². The average Bonchev–Trinajstić information content (AvgIpc) is 2.78. The third-order valence-corrected chi connectivity index (χ3v) is 4.58. The van der Waals surface area contributed by atoms with Gasteiger partial charge in [0.25, 0.3) is 5.91 Å². The summed E-state index contributed by atoms with van der Waals surface area (Å²) in [4.78, 5) is 13.1. The largest absolute Gasteiger partial charge is 0.488 e. The maximum Gasteiger partial charge on any atom is 0.275 e. The average molecular weight is 388 g/mol. The molecule has 0 spiro atoms. The fourth-order valence-electron chi connectivity index (χ4n) is 1.56. The number of benzene rings is 1. The lowest BCUT2D eigenvalue weighted by Gasteiger charge is -2.07. The smallest absolute Gasteiger partial charge is 0.275 e. The SMILES string of the molecule is Cc1sc(C(=O)NN)cc1COc1ccccc1I. The third kappa shape index (κ3) is 3.46. The van der Waals surface area contributed by atoms with E-state index in [1.165, 1.54) is 11.3 Å². The molecule has 6 heteroatoms. The Hall–Kier alpha value is -1.12. The van der Waals surface area contributed by atoms with Crippen LogP contribution in [0.5, 0.6) is 5.75 Å². The van der Waals surface area contributed by atoms with Crippen molar-refractivity contribution in [2.24, 2.45) is 5.84 Å². The van der Waals surface area contributed by atoms with Crippen molar-refractivity contribution in [3.8, 4) is 5.75 Å². The van der Waals surface area contributed by atoms with Crippen LogP contribution in [-0.2, 0) is 6.61 Å². The summed E-state index contributed by atoms with van der Waals surface area (Å²) in [7, 11) is 0. The van der Waals surface area contributed by atoms with Gasteiger partial charge in [0.1, 0.15) is 12.4 Å². The quantitative estimate of drug-likeness (QED) is 0.367. The second-order valence-corrected chi connectivity index (χ2v) is 6.30. The molecule has 4 nitrogen and oxygen atoms in total. The van der Waals surface area contributed by atoms with Crippen LogP contribution in [0.25, 0.3) is 0 Å². The molecule has 0 saturated carbocycles. The fraction of sp³-hybridized carbons (Fsp3) is 0.154. The van der Waals surface area contributed by atoms with Crippen LogP contribution in [0.15, 0.2) is 30.3 Å². The number of thiophene rings is 1. The van der Waals surface area contributed by atoms with Crippen LogP contribution in [0.1, 0.15) is 20.1 Å². The number of hydrazine groups is 1. The van der Waals surface area contributed by atoms with Crippen LogP contribution < -0.4 is 16.0 Å². The van der Waals surface area contributed by atoms with Gasteiger partial charge in [-0.3, -0.25) is 10.2 Å². The number of hydrogen-bond donors (Lipinski definition) is 2. The van der Waals surface area contributed by atoms with Gasteiger partial charge in [-0.15, -0.1) is 11.3 Å². The summed E-state index contributed by atoms with van der Waals surface area (Å²) in [5.41, 5.74) is 3.14. The van der Waals surface area contributed by atoms with E-state index in [0.29, 0.717) is 11.5 Å². The summed E-state index contributed by atoms with van der Waals surface area (Å²) in [5.74, 6) is 5.70. The number of aryl methyl sites for hydroxylation is 1. The van der Waals surface area contributed by atoms with E-state index in [1.54, 1.807) is 0 Å². The van der Waals surface area contributed by atoms with E-state index in [9.17, 15) is 4.79 Å². The minimum absolute atomic E-state index is 0.270. The lowest BCUT2D eigenvalue weighted by molar-refractivity contribution is 0.0957. The number of amides is 1. The van der Waals surface area contributed by atoms with Gasteiger partial charge in [-0.25, -0.2) is 5.84 Å². The highest BCUT2D eigenvalue weighted by Gasteiger charge is 2.12. The van der Waals surface area contributed by atoms with Gasteiger partial charge in [-0.2, -0.15) is 0 Å². The predicted octanol–water partition coefficient (Wildman–Crippen LogP) is 2.84. The van der Waals surface area contributed by atoms with E-state index in [-0.39, 0.29) is 5.91 Å². The van der Waals surface area contributed by atoms with Gasteiger partial charge in [0, 0.05) is 10.4 Å². The number of nitrogen functional groups attached to an aromatic ring is 1. The van der Waals surface area contributed by atoms with Crippen molar-refractivity contribution < 1.29 is 9.53 Å².